The SMILES string of the molecule is COCC#Cc1ccc2c(c1)O[C@H](CN(C)S(C)(=O)=O)[C@@H](C)CN([C@@H](C)CO)S2(=O)=O. The maximum absolute atomic E-state index is 13.4. The minimum atomic E-state index is -3.97. The summed E-state index contributed by atoms with van der Waals surface area (Å²) in [6.45, 7) is 3.39. The Bertz CT molecular complexity index is 1050. The Morgan fingerprint density at radius 3 is 2.68 bits per heavy atom. The molecule has 0 amide bonds. The number of hydrogen-bond acceptors (Lipinski definition) is 7. The number of benzene rings is 1. The standard InChI is InChI=1S/C20H30N2O7S2/c1-15-12-22(16(2)14-23)31(26,27)20-9-8-17(7-6-10-28-4)11-18(20)29-19(15)13-21(3)30(5,24)25/h8-9,11,15-16,19,23H,10,12-14H2,1-5H3/t15-,16-,19+/m0/s1. The molecule has 0 aliphatic carbocycles. The summed E-state index contributed by atoms with van der Waals surface area (Å²) < 4.78 is 64.0. The molecule has 174 valence electrons. The number of likely N-dealkylation sites (N-methyl/N-ethyl adjacent to an activating group) is 1. The summed E-state index contributed by atoms with van der Waals surface area (Å²) in [7, 11) is -4.46. The van der Waals surface area contributed by atoms with Crippen LogP contribution in [0.5, 0.6) is 5.75 Å². The third-order valence-corrected chi connectivity index (χ3v) is 8.42. The van der Waals surface area contributed by atoms with Crippen molar-refractivity contribution in [3.05, 3.63) is 23.8 Å². The fourth-order valence-corrected chi connectivity index (χ4v) is 5.36. The van der Waals surface area contributed by atoms with Crippen LogP contribution in [-0.4, -0.2) is 89.4 Å². The van der Waals surface area contributed by atoms with Crippen molar-refractivity contribution in [2.45, 2.75) is 30.9 Å². The van der Waals surface area contributed by atoms with Gasteiger partial charge in [-0.3, -0.25) is 0 Å². The van der Waals surface area contributed by atoms with Gasteiger partial charge in [-0.05, 0) is 25.1 Å². The zero-order chi connectivity index (χ0) is 23.4. The number of sulfonamides is 2. The molecule has 0 saturated carbocycles. The van der Waals surface area contributed by atoms with E-state index in [4.69, 9.17) is 9.47 Å². The fraction of sp³-hybridized carbons (Fsp3) is 0.600. The van der Waals surface area contributed by atoms with Gasteiger partial charge in [-0.1, -0.05) is 18.8 Å². The molecule has 11 heteroatoms. The van der Waals surface area contributed by atoms with Crippen molar-refractivity contribution < 1.29 is 31.4 Å². The Morgan fingerprint density at radius 1 is 1.42 bits per heavy atom. The van der Waals surface area contributed by atoms with E-state index in [-0.39, 0.29) is 42.9 Å². The Balaban J connectivity index is 2.59. The van der Waals surface area contributed by atoms with E-state index in [0.29, 0.717) is 5.56 Å². The second-order valence-electron chi connectivity index (χ2n) is 7.68. The summed E-state index contributed by atoms with van der Waals surface area (Å²) in [4.78, 5) is -0.0519. The Labute approximate surface area is 185 Å². The lowest BCUT2D eigenvalue weighted by Gasteiger charge is -2.37. The van der Waals surface area contributed by atoms with Crippen molar-refractivity contribution in [3.8, 4) is 17.6 Å². The van der Waals surface area contributed by atoms with Crippen LogP contribution in [0, 0.1) is 17.8 Å². The monoisotopic (exact) mass is 474 g/mol. The predicted molar refractivity (Wildman–Crippen MR) is 117 cm³/mol. The number of ether oxygens (including phenoxy) is 2. The zero-order valence-corrected chi connectivity index (χ0v) is 20.0. The zero-order valence-electron chi connectivity index (χ0n) is 18.4. The lowest BCUT2D eigenvalue weighted by Crippen LogP contribution is -2.50. The van der Waals surface area contributed by atoms with Gasteiger partial charge in [0.2, 0.25) is 20.0 Å². The molecule has 1 aliphatic heterocycles. The highest BCUT2D eigenvalue weighted by molar-refractivity contribution is 7.89. The van der Waals surface area contributed by atoms with Gasteiger partial charge in [0.15, 0.2) is 0 Å². The van der Waals surface area contributed by atoms with Crippen molar-refractivity contribution in [2.75, 3.05) is 46.7 Å². The van der Waals surface area contributed by atoms with Gasteiger partial charge in [-0.2, -0.15) is 4.31 Å². The van der Waals surface area contributed by atoms with E-state index in [2.05, 4.69) is 11.8 Å². The highest BCUT2D eigenvalue weighted by Gasteiger charge is 2.38. The number of aliphatic hydroxyl groups excluding tert-OH is 1. The normalized spacial score (nSPS) is 22.4. The molecule has 3 atom stereocenters. The summed E-state index contributed by atoms with van der Waals surface area (Å²) >= 11 is 0. The largest absolute Gasteiger partial charge is 0.487 e. The van der Waals surface area contributed by atoms with Gasteiger partial charge in [0.05, 0.1) is 19.4 Å². The average molecular weight is 475 g/mol. The number of nitrogens with zero attached hydrogens (tertiary/aromatic N) is 2. The predicted octanol–water partition coefficient (Wildman–Crippen LogP) is 0.345. The van der Waals surface area contributed by atoms with E-state index in [1.54, 1.807) is 19.9 Å². The van der Waals surface area contributed by atoms with Gasteiger partial charge in [0.1, 0.15) is 23.4 Å². The molecule has 2 rings (SSSR count). The van der Waals surface area contributed by atoms with Crippen LogP contribution >= 0.6 is 0 Å². The average Bonchev–Trinajstić information content (AvgIpc) is 2.69. The van der Waals surface area contributed by atoms with Gasteiger partial charge >= 0.3 is 0 Å². The molecule has 1 aromatic carbocycles. The minimum Gasteiger partial charge on any atom is -0.487 e. The third kappa shape index (κ3) is 6.19. The highest BCUT2D eigenvalue weighted by atomic mass is 32.2. The van der Waals surface area contributed by atoms with Crippen molar-refractivity contribution in [3.63, 3.8) is 0 Å². The maximum atomic E-state index is 13.4. The first-order chi connectivity index (χ1) is 14.4. The van der Waals surface area contributed by atoms with Crippen molar-refractivity contribution in [2.24, 2.45) is 5.92 Å². The number of rotatable bonds is 6. The van der Waals surface area contributed by atoms with E-state index in [0.717, 1.165) is 6.26 Å². The fourth-order valence-electron chi connectivity index (χ4n) is 3.12. The molecule has 0 radical (unpaired) electrons. The smallest absolute Gasteiger partial charge is 0.247 e. The Kier molecular flexibility index (Phi) is 8.49. The Hall–Kier alpha value is -1.68. The van der Waals surface area contributed by atoms with Crippen LogP contribution in [0.15, 0.2) is 23.1 Å². The molecule has 0 spiro atoms. The molecular formula is C20H30N2O7S2. The van der Waals surface area contributed by atoms with Crippen LogP contribution in [-0.2, 0) is 24.8 Å². The summed E-state index contributed by atoms with van der Waals surface area (Å²) in [5.41, 5.74) is 0.538. The molecule has 1 aliphatic rings. The Morgan fingerprint density at radius 2 is 2.10 bits per heavy atom. The van der Waals surface area contributed by atoms with Crippen molar-refractivity contribution in [1.82, 2.24) is 8.61 Å². The number of fused-ring (bicyclic) bond motifs is 1. The summed E-state index contributed by atoms with van der Waals surface area (Å²) in [6, 6.07) is 3.87. The summed E-state index contributed by atoms with van der Waals surface area (Å²) in [5, 5.41) is 9.64. The second-order valence-corrected chi connectivity index (χ2v) is 11.6. The number of methoxy groups -OCH3 is 1. The van der Waals surface area contributed by atoms with Gasteiger partial charge in [0, 0.05) is 38.2 Å². The number of hydrogen-bond donors (Lipinski definition) is 1. The summed E-state index contributed by atoms with van der Waals surface area (Å²) in [5.74, 6) is 5.43. The highest BCUT2D eigenvalue weighted by Crippen LogP contribution is 2.34. The third-order valence-electron chi connectivity index (χ3n) is 5.12. The van der Waals surface area contributed by atoms with Crippen LogP contribution in [0.4, 0.5) is 0 Å². The molecule has 1 N–H and O–H groups in total. The first-order valence-electron chi connectivity index (χ1n) is 9.74. The minimum absolute atomic E-state index is 0.0421. The molecule has 9 nitrogen and oxygen atoms in total. The van der Waals surface area contributed by atoms with Gasteiger partial charge in [-0.15, -0.1) is 0 Å². The molecule has 0 fully saturated rings. The van der Waals surface area contributed by atoms with E-state index in [1.165, 1.54) is 34.9 Å². The van der Waals surface area contributed by atoms with E-state index in [9.17, 15) is 21.9 Å². The van der Waals surface area contributed by atoms with Gasteiger partial charge < -0.3 is 14.6 Å². The lowest BCUT2D eigenvalue weighted by molar-refractivity contribution is 0.0905. The van der Waals surface area contributed by atoms with Crippen LogP contribution in [0.1, 0.15) is 19.4 Å². The maximum Gasteiger partial charge on any atom is 0.247 e. The molecule has 0 saturated heterocycles. The lowest BCUT2D eigenvalue weighted by atomic mass is 10.0. The van der Waals surface area contributed by atoms with E-state index in [1.807, 2.05) is 0 Å². The van der Waals surface area contributed by atoms with Crippen molar-refractivity contribution in [1.29, 1.82) is 0 Å². The summed E-state index contributed by atoms with van der Waals surface area (Å²) in [6.07, 6.45) is 0.479. The molecule has 0 aromatic heterocycles. The first kappa shape index (κ1) is 25.6. The van der Waals surface area contributed by atoms with Crippen LogP contribution in [0.2, 0.25) is 0 Å². The molecular weight excluding hydrogens is 444 g/mol. The van der Waals surface area contributed by atoms with E-state index < -0.39 is 32.2 Å². The topological polar surface area (TPSA) is 113 Å². The molecule has 0 bridgehead atoms. The second kappa shape index (κ2) is 10.3. The van der Waals surface area contributed by atoms with Crippen LogP contribution < -0.4 is 4.74 Å². The molecule has 31 heavy (non-hydrogen) atoms. The van der Waals surface area contributed by atoms with E-state index >= 15 is 0 Å². The van der Waals surface area contributed by atoms with Gasteiger partial charge in [0.25, 0.3) is 0 Å². The number of aliphatic hydroxyl groups is 1. The van der Waals surface area contributed by atoms with Crippen LogP contribution in [0.3, 0.4) is 0 Å². The van der Waals surface area contributed by atoms with Gasteiger partial charge in [-0.25, -0.2) is 21.1 Å². The molecule has 0 unspecified atom stereocenters. The molecule has 1 heterocycles. The van der Waals surface area contributed by atoms with Crippen molar-refractivity contribution >= 4 is 20.0 Å². The quantitative estimate of drug-likeness (QED) is 0.592. The first-order valence-corrected chi connectivity index (χ1v) is 13.0. The molecule has 1 aromatic rings. The van der Waals surface area contributed by atoms with Crippen LogP contribution in [0.25, 0.3) is 0 Å².